The fourth-order valence-electron chi connectivity index (χ4n) is 1.11. The van der Waals surface area contributed by atoms with Gasteiger partial charge < -0.3 is 5.11 Å². The first-order valence-corrected chi connectivity index (χ1v) is 6.29. The lowest BCUT2D eigenvalue weighted by molar-refractivity contribution is -0.138. The van der Waals surface area contributed by atoms with Crippen LogP contribution in [0.25, 0.3) is 0 Å². The Kier molecular flexibility index (Phi) is 3.49. The largest absolute Gasteiger partial charge is 0.480 e. The van der Waals surface area contributed by atoms with E-state index < -0.39 is 22.0 Å². The van der Waals surface area contributed by atoms with Crippen molar-refractivity contribution >= 4 is 16.0 Å². The van der Waals surface area contributed by atoms with Crippen LogP contribution < -0.4 is 4.72 Å². The molecule has 0 bridgehead atoms. The Hall–Kier alpha value is -0.620. The highest BCUT2D eigenvalue weighted by Gasteiger charge is 2.25. The molecule has 0 amide bonds. The van der Waals surface area contributed by atoms with Gasteiger partial charge in [-0.3, -0.25) is 4.79 Å². The Morgan fingerprint density at radius 2 is 2.14 bits per heavy atom. The van der Waals surface area contributed by atoms with Gasteiger partial charge >= 0.3 is 5.97 Å². The van der Waals surface area contributed by atoms with Crippen LogP contribution in [0.1, 0.15) is 26.2 Å². The second-order valence-corrected chi connectivity index (χ2v) is 5.60. The molecule has 6 heteroatoms. The molecule has 0 heterocycles. The Morgan fingerprint density at radius 3 is 2.57 bits per heavy atom. The molecule has 5 nitrogen and oxygen atoms in total. The molecule has 1 aliphatic rings. The molecule has 0 aromatic rings. The monoisotopic (exact) mass is 221 g/mol. The molecule has 14 heavy (non-hydrogen) atoms. The zero-order chi connectivity index (χ0) is 10.8. The summed E-state index contributed by atoms with van der Waals surface area (Å²) in [5.74, 6) is -0.582. The van der Waals surface area contributed by atoms with Gasteiger partial charge in [-0.2, -0.15) is 0 Å². The molecule has 2 N–H and O–H groups in total. The van der Waals surface area contributed by atoms with E-state index in [0.717, 1.165) is 12.8 Å². The molecule has 0 aromatic heterocycles. The number of carboxylic acids is 1. The first-order valence-electron chi connectivity index (χ1n) is 4.63. The maximum atomic E-state index is 11.3. The predicted molar refractivity (Wildman–Crippen MR) is 51.4 cm³/mol. The predicted octanol–water partition coefficient (Wildman–Crippen LogP) is 0.179. The highest BCUT2D eigenvalue weighted by Crippen LogP contribution is 2.32. The van der Waals surface area contributed by atoms with Crippen LogP contribution in [0.3, 0.4) is 0 Å². The Labute approximate surface area is 83.6 Å². The molecule has 0 aliphatic heterocycles. The van der Waals surface area contributed by atoms with Gasteiger partial charge in [-0.15, -0.1) is 0 Å². The fourth-order valence-corrected chi connectivity index (χ4v) is 2.51. The molecule has 1 saturated carbocycles. The van der Waals surface area contributed by atoms with E-state index in [2.05, 4.69) is 4.72 Å². The van der Waals surface area contributed by atoms with Crippen LogP contribution in [0.5, 0.6) is 0 Å². The van der Waals surface area contributed by atoms with E-state index in [0.29, 0.717) is 12.3 Å². The molecule has 0 aromatic carbocycles. The average Bonchev–Trinajstić information content (AvgIpc) is 2.82. The zero-order valence-electron chi connectivity index (χ0n) is 8.06. The number of hydrogen-bond acceptors (Lipinski definition) is 3. The summed E-state index contributed by atoms with van der Waals surface area (Å²) >= 11 is 0. The van der Waals surface area contributed by atoms with Crippen LogP contribution >= 0.6 is 0 Å². The highest BCUT2D eigenvalue weighted by atomic mass is 32.2. The van der Waals surface area contributed by atoms with Crippen molar-refractivity contribution in [3.63, 3.8) is 0 Å². The fraction of sp³-hybridized carbons (Fsp3) is 0.875. The zero-order valence-corrected chi connectivity index (χ0v) is 8.88. The Morgan fingerprint density at radius 1 is 1.57 bits per heavy atom. The third-order valence-corrected chi connectivity index (χ3v) is 3.70. The minimum atomic E-state index is -3.41. The van der Waals surface area contributed by atoms with E-state index in [1.54, 1.807) is 0 Å². The van der Waals surface area contributed by atoms with Gasteiger partial charge in [0.2, 0.25) is 10.0 Å². The van der Waals surface area contributed by atoms with Crippen LogP contribution in [-0.4, -0.2) is 31.3 Å². The Bertz CT molecular complexity index is 307. The summed E-state index contributed by atoms with van der Waals surface area (Å²) in [6.07, 6.45) is 2.84. The van der Waals surface area contributed by atoms with Gasteiger partial charge in [-0.1, -0.05) is 12.8 Å². The lowest BCUT2D eigenvalue weighted by Crippen LogP contribution is -2.39. The van der Waals surface area contributed by atoms with E-state index in [9.17, 15) is 13.2 Å². The van der Waals surface area contributed by atoms with Crippen molar-refractivity contribution in [3.8, 4) is 0 Å². The molecule has 0 spiro atoms. The number of nitrogens with one attached hydrogen (secondary N) is 1. The van der Waals surface area contributed by atoms with Crippen molar-refractivity contribution in [1.82, 2.24) is 4.72 Å². The number of carboxylic acid groups (broad SMARTS) is 1. The second kappa shape index (κ2) is 4.27. The maximum Gasteiger partial charge on any atom is 0.321 e. The third kappa shape index (κ3) is 4.06. The third-order valence-electron chi connectivity index (χ3n) is 2.22. The quantitative estimate of drug-likeness (QED) is 0.670. The van der Waals surface area contributed by atoms with Crippen molar-refractivity contribution in [2.75, 3.05) is 5.75 Å². The first-order chi connectivity index (χ1) is 6.41. The van der Waals surface area contributed by atoms with Crippen LogP contribution in [-0.2, 0) is 14.8 Å². The molecule has 82 valence electrons. The van der Waals surface area contributed by atoms with E-state index in [1.807, 2.05) is 0 Å². The lowest BCUT2D eigenvalue weighted by Gasteiger charge is -2.09. The van der Waals surface area contributed by atoms with Gasteiger partial charge in [-0.05, 0) is 19.3 Å². The minimum absolute atomic E-state index is 0.0370. The van der Waals surface area contributed by atoms with Gasteiger partial charge in [0.05, 0.1) is 5.75 Å². The lowest BCUT2D eigenvalue weighted by atomic mass is 10.3. The summed E-state index contributed by atoms with van der Waals surface area (Å²) < 4.78 is 24.7. The smallest absolute Gasteiger partial charge is 0.321 e. The van der Waals surface area contributed by atoms with Crippen LogP contribution in [0.2, 0.25) is 0 Å². The van der Waals surface area contributed by atoms with Crippen LogP contribution in [0.4, 0.5) is 0 Å². The van der Waals surface area contributed by atoms with Crippen LogP contribution in [0, 0.1) is 5.92 Å². The summed E-state index contributed by atoms with van der Waals surface area (Å²) in [5, 5.41) is 8.51. The number of sulfonamides is 1. The standard InChI is InChI=1S/C8H15NO4S/c1-6(8(10)11)9-14(12,13)5-4-7-2-3-7/h6-7,9H,2-5H2,1H3,(H,10,11)/t6-/m0/s1. The number of aliphatic carboxylic acids is 1. The van der Waals surface area contributed by atoms with Crippen molar-refractivity contribution in [2.24, 2.45) is 5.92 Å². The van der Waals surface area contributed by atoms with E-state index in [-0.39, 0.29) is 5.75 Å². The van der Waals surface area contributed by atoms with E-state index in [1.165, 1.54) is 6.92 Å². The number of rotatable bonds is 6. The Balaban J connectivity index is 2.35. The molecule has 0 unspecified atom stereocenters. The van der Waals surface area contributed by atoms with Crippen molar-refractivity contribution < 1.29 is 18.3 Å². The number of hydrogen-bond donors (Lipinski definition) is 2. The van der Waals surface area contributed by atoms with Crippen molar-refractivity contribution in [3.05, 3.63) is 0 Å². The summed E-state index contributed by atoms with van der Waals surface area (Å²) in [4.78, 5) is 10.4. The van der Waals surface area contributed by atoms with E-state index in [4.69, 9.17) is 5.11 Å². The molecule has 1 aliphatic carbocycles. The SMILES string of the molecule is C[C@H](NS(=O)(=O)CCC1CC1)C(=O)O. The normalized spacial score (nSPS) is 19.2. The topological polar surface area (TPSA) is 83.5 Å². The summed E-state index contributed by atoms with van der Waals surface area (Å²) in [5.41, 5.74) is 0. The molecule has 0 radical (unpaired) electrons. The second-order valence-electron chi connectivity index (χ2n) is 3.73. The molecular formula is C8H15NO4S. The number of carbonyl (C=O) groups is 1. The molecule has 0 saturated heterocycles. The molecule has 1 atom stereocenters. The summed E-state index contributed by atoms with van der Waals surface area (Å²) in [7, 11) is -3.41. The van der Waals surface area contributed by atoms with Crippen LogP contribution in [0.15, 0.2) is 0 Å². The van der Waals surface area contributed by atoms with Crippen molar-refractivity contribution in [2.45, 2.75) is 32.2 Å². The van der Waals surface area contributed by atoms with E-state index >= 15 is 0 Å². The average molecular weight is 221 g/mol. The van der Waals surface area contributed by atoms with Gasteiger partial charge in [0, 0.05) is 0 Å². The van der Waals surface area contributed by atoms with Gasteiger partial charge in [0.15, 0.2) is 0 Å². The molecule has 1 rings (SSSR count). The summed E-state index contributed by atoms with van der Waals surface area (Å²) in [6, 6.07) is -1.04. The van der Waals surface area contributed by atoms with Gasteiger partial charge in [0.25, 0.3) is 0 Å². The summed E-state index contributed by atoms with van der Waals surface area (Å²) in [6.45, 7) is 1.32. The highest BCUT2D eigenvalue weighted by molar-refractivity contribution is 7.89. The van der Waals surface area contributed by atoms with Gasteiger partial charge in [0.1, 0.15) is 6.04 Å². The first kappa shape index (κ1) is 11.5. The molecular weight excluding hydrogens is 206 g/mol. The minimum Gasteiger partial charge on any atom is -0.480 e. The maximum absolute atomic E-state index is 11.3. The van der Waals surface area contributed by atoms with Crippen molar-refractivity contribution in [1.29, 1.82) is 0 Å². The van der Waals surface area contributed by atoms with Gasteiger partial charge in [-0.25, -0.2) is 13.1 Å². The molecule has 1 fully saturated rings.